The van der Waals surface area contributed by atoms with Gasteiger partial charge in [0.25, 0.3) is 0 Å². The van der Waals surface area contributed by atoms with Gasteiger partial charge < -0.3 is 10.5 Å². The number of alkyl halides is 3. The highest BCUT2D eigenvalue weighted by Gasteiger charge is 2.38. The van der Waals surface area contributed by atoms with Gasteiger partial charge >= 0.3 is 6.18 Å². The Morgan fingerprint density at radius 3 is 2.69 bits per heavy atom. The van der Waals surface area contributed by atoms with Crippen molar-refractivity contribution >= 4 is 5.84 Å². The summed E-state index contributed by atoms with van der Waals surface area (Å²) in [6, 6.07) is 2.83. The van der Waals surface area contributed by atoms with Crippen LogP contribution >= 0.6 is 0 Å². The minimum atomic E-state index is -4.48. The first-order valence-corrected chi connectivity index (χ1v) is 4.35. The third-order valence-corrected chi connectivity index (χ3v) is 1.81. The maximum atomic E-state index is 12.2. The summed E-state index contributed by atoms with van der Waals surface area (Å²) in [5.74, 6) is -0.683. The van der Waals surface area contributed by atoms with E-state index in [1.165, 1.54) is 18.3 Å². The molecule has 1 aromatic heterocycles. The van der Waals surface area contributed by atoms with Gasteiger partial charge in [0.1, 0.15) is 5.84 Å². The van der Waals surface area contributed by atoms with Crippen LogP contribution in [0, 0.1) is 5.41 Å². The van der Waals surface area contributed by atoms with E-state index in [0.717, 1.165) is 6.92 Å². The second kappa shape index (κ2) is 4.38. The van der Waals surface area contributed by atoms with Crippen molar-refractivity contribution in [1.82, 2.24) is 4.98 Å². The topological polar surface area (TPSA) is 72.0 Å². The Morgan fingerprint density at radius 1 is 1.56 bits per heavy atom. The first-order valence-electron chi connectivity index (χ1n) is 4.35. The van der Waals surface area contributed by atoms with Crippen molar-refractivity contribution in [3.8, 4) is 5.88 Å². The van der Waals surface area contributed by atoms with Crippen molar-refractivity contribution in [2.24, 2.45) is 5.73 Å². The van der Waals surface area contributed by atoms with Gasteiger partial charge in [-0.2, -0.15) is 13.2 Å². The van der Waals surface area contributed by atoms with Gasteiger partial charge in [0.2, 0.25) is 5.88 Å². The molecule has 7 heteroatoms. The Kier molecular flexibility index (Phi) is 3.36. The molecule has 0 aliphatic carbocycles. The molecule has 0 bridgehead atoms. The van der Waals surface area contributed by atoms with Crippen LogP contribution in [0.4, 0.5) is 13.2 Å². The molecule has 1 rings (SSSR count). The van der Waals surface area contributed by atoms with Gasteiger partial charge in [-0.25, -0.2) is 4.98 Å². The molecule has 0 aromatic carbocycles. The smallest absolute Gasteiger partial charge is 0.425 e. The fourth-order valence-corrected chi connectivity index (χ4v) is 0.924. The van der Waals surface area contributed by atoms with Crippen molar-refractivity contribution in [1.29, 1.82) is 5.41 Å². The summed E-state index contributed by atoms with van der Waals surface area (Å²) >= 11 is 0. The van der Waals surface area contributed by atoms with Crippen LogP contribution in [-0.2, 0) is 0 Å². The molecule has 0 saturated carbocycles. The van der Waals surface area contributed by atoms with Crippen LogP contribution in [0.15, 0.2) is 18.3 Å². The van der Waals surface area contributed by atoms with E-state index < -0.39 is 18.1 Å². The second-order valence-electron chi connectivity index (χ2n) is 3.07. The van der Waals surface area contributed by atoms with E-state index in [0.29, 0.717) is 0 Å². The Hall–Kier alpha value is -1.79. The summed E-state index contributed by atoms with van der Waals surface area (Å²) in [6.45, 7) is 0.860. The Morgan fingerprint density at radius 2 is 2.19 bits per heavy atom. The predicted octanol–water partition coefficient (Wildman–Crippen LogP) is 1.70. The maximum Gasteiger partial charge on any atom is 0.425 e. The monoisotopic (exact) mass is 233 g/mol. The molecule has 88 valence electrons. The van der Waals surface area contributed by atoms with Crippen LogP contribution in [0.5, 0.6) is 5.88 Å². The van der Waals surface area contributed by atoms with Crippen molar-refractivity contribution in [3.63, 3.8) is 0 Å². The largest absolute Gasteiger partial charge is 0.464 e. The molecule has 16 heavy (non-hydrogen) atoms. The number of ether oxygens (including phenoxy) is 1. The van der Waals surface area contributed by atoms with Gasteiger partial charge in [0.05, 0.1) is 5.56 Å². The Labute approximate surface area is 89.7 Å². The van der Waals surface area contributed by atoms with Crippen LogP contribution in [0.2, 0.25) is 0 Å². The van der Waals surface area contributed by atoms with Crippen LogP contribution in [0.3, 0.4) is 0 Å². The number of nitrogen functional groups attached to an aromatic ring is 1. The van der Waals surface area contributed by atoms with Gasteiger partial charge in [-0.3, -0.25) is 5.41 Å². The molecule has 1 aromatic rings. The average Bonchev–Trinajstić information content (AvgIpc) is 2.16. The van der Waals surface area contributed by atoms with Crippen LogP contribution in [0.25, 0.3) is 0 Å². The number of halogens is 3. The highest BCUT2D eigenvalue weighted by molar-refractivity contribution is 5.96. The third kappa shape index (κ3) is 2.85. The lowest BCUT2D eigenvalue weighted by Crippen LogP contribution is -2.32. The summed E-state index contributed by atoms with van der Waals surface area (Å²) in [4.78, 5) is 3.61. The van der Waals surface area contributed by atoms with Gasteiger partial charge in [0.15, 0.2) is 6.10 Å². The molecule has 0 spiro atoms. The number of rotatable bonds is 3. The number of hydrogen-bond donors (Lipinski definition) is 2. The lowest BCUT2D eigenvalue weighted by Gasteiger charge is -2.18. The molecule has 0 aliphatic rings. The summed E-state index contributed by atoms with van der Waals surface area (Å²) in [5, 5.41) is 7.15. The van der Waals surface area contributed by atoms with E-state index in [1.807, 2.05) is 0 Å². The summed E-state index contributed by atoms with van der Waals surface area (Å²) in [6.07, 6.45) is -5.21. The molecule has 1 atom stereocenters. The SMILES string of the molecule is CC(Oc1ncccc1C(=N)N)C(F)(F)F. The number of hydrogen-bond acceptors (Lipinski definition) is 3. The van der Waals surface area contributed by atoms with Crippen LogP contribution < -0.4 is 10.5 Å². The van der Waals surface area contributed by atoms with Crippen LogP contribution in [0.1, 0.15) is 12.5 Å². The van der Waals surface area contributed by atoms with Gasteiger partial charge in [-0.05, 0) is 19.1 Å². The number of nitrogens with zero attached hydrogens (tertiary/aromatic N) is 1. The molecule has 1 heterocycles. The van der Waals surface area contributed by atoms with Crippen molar-refractivity contribution in [3.05, 3.63) is 23.9 Å². The first kappa shape index (κ1) is 12.3. The summed E-state index contributed by atoms with van der Waals surface area (Å²) in [5.41, 5.74) is 5.22. The van der Waals surface area contributed by atoms with Crippen molar-refractivity contribution in [2.45, 2.75) is 19.2 Å². The molecule has 4 nitrogen and oxygen atoms in total. The van der Waals surface area contributed by atoms with Gasteiger partial charge in [-0.1, -0.05) is 0 Å². The van der Waals surface area contributed by atoms with E-state index in [1.54, 1.807) is 0 Å². The number of aromatic nitrogens is 1. The van der Waals surface area contributed by atoms with Gasteiger partial charge in [-0.15, -0.1) is 0 Å². The normalized spacial score (nSPS) is 13.2. The molecule has 3 N–H and O–H groups in total. The molecule has 0 amide bonds. The molecular formula is C9H10F3N3O. The van der Waals surface area contributed by atoms with Gasteiger partial charge in [0, 0.05) is 6.20 Å². The van der Waals surface area contributed by atoms with E-state index in [9.17, 15) is 13.2 Å². The van der Waals surface area contributed by atoms with Crippen molar-refractivity contribution in [2.75, 3.05) is 0 Å². The predicted molar refractivity (Wildman–Crippen MR) is 51.4 cm³/mol. The molecule has 0 saturated heterocycles. The standard InChI is InChI=1S/C9H10F3N3O/c1-5(9(10,11)12)16-8-6(7(13)14)3-2-4-15-8/h2-5H,1H3,(H3,13,14). The highest BCUT2D eigenvalue weighted by Crippen LogP contribution is 2.25. The summed E-state index contributed by atoms with van der Waals surface area (Å²) in [7, 11) is 0. The summed E-state index contributed by atoms with van der Waals surface area (Å²) < 4.78 is 41.3. The lowest BCUT2D eigenvalue weighted by molar-refractivity contribution is -0.190. The average molecular weight is 233 g/mol. The minimum Gasteiger partial charge on any atom is -0.464 e. The van der Waals surface area contributed by atoms with Crippen molar-refractivity contribution < 1.29 is 17.9 Å². The fraction of sp³-hybridized carbons (Fsp3) is 0.333. The highest BCUT2D eigenvalue weighted by atomic mass is 19.4. The van der Waals surface area contributed by atoms with Crippen LogP contribution in [-0.4, -0.2) is 23.1 Å². The second-order valence-corrected chi connectivity index (χ2v) is 3.07. The van der Waals surface area contributed by atoms with E-state index >= 15 is 0 Å². The minimum absolute atomic E-state index is 0.0404. The zero-order valence-corrected chi connectivity index (χ0v) is 8.38. The number of amidine groups is 1. The quantitative estimate of drug-likeness (QED) is 0.616. The third-order valence-electron chi connectivity index (χ3n) is 1.81. The number of nitrogens with one attached hydrogen (secondary N) is 1. The molecule has 0 fully saturated rings. The molecule has 0 radical (unpaired) electrons. The first-order chi connectivity index (χ1) is 7.32. The zero-order chi connectivity index (χ0) is 12.3. The zero-order valence-electron chi connectivity index (χ0n) is 8.38. The molecule has 1 unspecified atom stereocenters. The Bertz CT molecular complexity index is 392. The number of nitrogens with two attached hydrogens (primary N) is 1. The lowest BCUT2D eigenvalue weighted by atomic mass is 10.2. The van der Waals surface area contributed by atoms with E-state index in [-0.39, 0.29) is 11.4 Å². The van der Waals surface area contributed by atoms with E-state index in [4.69, 9.17) is 11.1 Å². The molecule has 0 aliphatic heterocycles. The fourth-order valence-electron chi connectivity index (χ4n) is 0.924. The van der Waals surface area contributed by atoms with E-state index in [2.05, 4.69) is 9.72 Å². The number of pyridine rings is 1. The maximum absolute atomic E-state index is 12.2. The molecular weight excluding hydrogens is 223 g/mol. The Balaban J connectivity index is 2.93.